The van der Waals surface area contributed by atoms with Crippen LogP contribution in [0.2, 0.25) is 10.0 Å². The Hall–Kier alpha value is -0.810. The van der Waals surface area contributed by atoms with Gasteiger partial charge in [-0.25, -0.2) is 0 Å². The van der Waals surface area contributed by atoms with Gasteiger partial charge in [-0.2, -0.15) is 0 Å². The van der Waals surface area contributed by atoms with E-state index in [-0.39, 0.29) is 12.1 Å². The predicted molar refractivity (Wildman–Crippen MR) is 73.4 cm³/mol. The molecule has 0 spiro atoms. The van der Waals surface area contributed by atoms with Crippen molar-refractivity contribution in [3.63, 3.8) is 0 Å². The molecule has 3 atom stereocenters. The second kappa shape index (κ2) is 6.09. The second-order valence-corrected chi connectivity index (χ2v) is 5.46. The van der Waals surface area contributed by atoms with Crippen LogP contribution >= 0.6 is 23.2 Å². The highest BCUT2D eigenvalue weighted by Crippen LogP contribution is 2.24. The molecule has 3 unspecified atom stereocenters. The van der Waals surface area contributed by atoms with E-state index in [1.54, 1.807) is 6.07 Å². The smallest absolute Gasteiger partial charge is 0.253 e. The van der Waals surface area contributed by atoms with Gasteiger partial charge in [-0.05, 0) is 37.1 Å². The van der Waals surface area contributed by atoms with Crippen LogP contribution in [0.1, 0.15) is 25.0 Å². The Morgan fingerprint density at radius 3 is 2.58 bits per heavy atom. The summed E-state index contributed by atoms with van der Waals surface area (Å²) >= 11 is 11.7. The zero-order valence-corrected chi connectivity index (χ0v) is 11.9. The van der Waals surface area contributed by atoms with Crippen molar-refractivity contribution in [3.05, 3.63) is 33.8 Å². The number of aliphatic hydroxyl groups excluding tert-OH is 1. The molecule has 1 saturated heterocycles. The fraction of sp³-hybridized carbons (Fsp3) is 0.462. The van der Waals surface area contributed by atoms with Crippen LogP contribution < -0.4 is 5.32 Å². The molecule has 0 saturated carbocycles. The normalized spacial score (nSPS) is 24.2. The number of carbonyl (C=O) groups excluding carboxylic acids is 1. The fourth-order valence-electron chi connectivity index (χ4n) is 2.07. The molecule has 2 N–H and O–H groups in total. The topological polar surface area (TPSA) is 58.6 Å². The van der Waals surface area contributed by atoms with Gasteiger partial charge in [0.25, 0.3) is 5.91 Å². The molecular weight excluding hydrogens is 289 g/mol. The highest BCUT2D eigenvalue weighted by molar-refractivity contribution is 6.34. The van der Waals surface area contributed by atoms with E-state index in [0.717, 1.165) is 6.42 Å². The minimum absolute atomic E-state index is 0.0425. The van der Waals surface area contributed by atoms with E-state index < -0.39 is 12.0 Å². The lowest BCUT2D eigenvalue weighted by molar-refractivity contribution is -0.130. The average Bonchev–Trinajstić information content (AvgIpc) is 2.72. The van der Waals surface area contributed by atoms with Crippen LogP contribution in [0.3, 0.4) is 0 Å². The molecule has 104 valence electrons. The maximum Gasteiger partial charge on any atom is 0.253 e. The third-order valence-electron chi connectivity index (χ3n) is 3.15. The van der Waals surface area contributed by atoms with Crippen molar-refractivity contribution in [3.8, 4) is 0 Å². The van der Waals surface area contributed by atoms with E-state index in [2.05, 4.69) is 5.32 Å². The van der Waals surface area contributed by atoms with Gasteiger partial charge in [-0.3, -0.25) is 4.79 Å². The van der Waals surface area contributed by atoms with Crippen LogP contribution in [-0.2, 0) is 9.53 Å². The van der Waals surface area contributed by atoms with E-state index in [1.165, 1.54) is 12.1 Å². The molecule has 1 aromatic rings. The zero-order chi connectivity index (χ0) is 14.0. The molecule has 1 amide bonds. The van der Waals surface area contributed by atoms with Crippen LogP contribution in [0.15, 0.2) is 18.2 Å². The first-order valence-electron chi connectivity index (χ1n) is 6.03. The first-order valence-corrected chi connectivity index (χ1v) is 6.79. The summed E-state index contributed by atoms with van der Waals surface area (Å²) in [5.74, 6) is -0.472. The molecule has 19 heavy (non-hydrogen) atoms. The van der Waals surface area contributed by atoms with Crippen molar-refractivity contribution >= 4 is 29.1 Å². The molecule has 6 heteroatoms. The summed E-state index contributed by atoms with van der Waals surface area (Å²) in [7, 11) is 0. The molecule has 1 fully saturated rings. The SMILES string of the molecule is CC1OCCC1NC(=O)C(O)c1cc(Cl)cc(Cl)c1. The van der Waals surface area contributed by atoms with Gasteiger partial charge in [0, 0.05) is 16.7 Å². The quantitative estimate of drug-likeness (QED) is 0.901. The Morgan fingerprint density at radius 1 is 1.42 bits per heavy atom. The van der Waals surface area contributed by atoms with Crippen LogP contribution in [0.25, 0.3) is 0 Å². The number of nitrogens with one attached hydrogen (secondary N) is 1. The summed E-state index contributed by atoms with van der Waals surface area (Å²) in [6.07, 6.45) is -0.585. The number of aliphatic hydroxyl groups is 1. The fourth-order valence-corrected chi connectivity index (χ4v) is 2.61. The van der Waals surface area contributed by atoms with Gasteiger partial charge in [0.2, 0.25) is 0 Å². The molecule has 1 aliphatic heterocycles. The Morgan fingerprint density at radius 2 is 2.05 bits per heavy atom. The Labute approximate surface area is 121 Å². The minimum Gasteiger partial charge on any atom is -0.378 e. The molecule has 0 aromatic heterocycles. The third kappa shape index (κ3) is 3.60. The van der Waals surface area contributed by atoms with E-state index >= 15 is 0 Å². The number of benzene rings is 1. The minimum atomic E-state index is -1.29. The molecule has 1 aromatic carbocycles. The lowest BCUT2D eigenvalue weighted by Gasteiger charge is -2.19. The van der Waals surface area contributed by atoms with Crippen molar-refractivity contribution in [2.24, 2.45) is 0 Å². The van der Waals surface area contributed by atoms with Crippen molar-refractivity contribution in [1.82, 2.24) is 5.32 Å². The van der Waals surface area contributed by atoms with Gasteiger partial charge in [-0.1, -0.05) is 23.2 Å². The number of hydrogen-bond donors (Lipinski definition) is 2. The number of halogens is 2. The summed E-state index contributed by atoms with van der Waals surface area (Å²) in [6, 6.07) is 4.51. The van der Waals surface area contributed by atoms with E-state index in [4.69, 9.17) is 27.9 Å². The number of amides is 1. The van der Waals surface area contributed by atoms with Gasteiger partial charge < -0.3 is 15.2 Å². The van der Waals surface area contributed by atoms with Gasteiger partial charge in [-0.15, -0.1) is 0 Å². The zero-order valence-electron chi connectivity index (χ0n) is 10.4. The van der Waals surface area contributed by atoms with Crippen LogP contribution in [0.4, 0.5) is 0 Å². The molecule has 1 aliphatic rings. The summed E-state index contributed by atoms with van der Waals surface area (Å²) < 4.78 is 5.35. The predicted octanol–water partition coefficient (Wildman–Crippen LogP) is 2.32. The number of ether oxygens (including phenoxy) is 1. The van der Waals surface area contributed by atoms with Gasteiger partial charge in [0.15, 0.2) is 6.10 Å². The summed E-state index contributed by atoms with van der Waals surface area (Å²) in [4.78, 5) is 12.0. The highest BCUT2D eigenvalue weighted by Gasteiger charge is 2.28. The highest BCUT2D eigenvalue weighted by atomic mass is 35.5. The van der Waals surface area contributed by atoms with Gasteiger partial charge in [0.1, 0.15) is 0 Å². The molecule has 0 bridgehead atoms. The van der Waals surface area contributed by atoms with Crippen molar-refractivity contribution in [2.45, 2.75) is 31.6 Å². The molecule has 2 rings (SSSR count). The second-order valence-electron chi connectivity index (χ2n) is 4.58. The van der Waals surface area contributed by atoms with Crippen LogP contribution in [0, 0.1) is 0 Å². The maximum atomic E-state index is 12.0. The third-order valence-corrected chi connectivity index (χ3v) is 3.59. The molecule has 0 aliphatic carbocycles. The Bertz CT molecular complexity index is 461. The van der Waals surface area contributed by atoms with E-state index in [0.29, 0.717) is 22.2 Å². The first kappa shape index (κ1) is 14.6. The molecule has 0 radical (unpaired) electrons. The summed E-state index contributed by atoms with van der Waals surface area (Å²) in [6.45, 7) is 2.51. The lowest BCUT2D eigenvalue weighted by atomic mass is 10.1. The monoisotopic (exact) mass is 303 g/mol. The van der Waals surface area contributed by atoms with E-state index in [1.807, 2.05) is 6.92 Å². The number of rotatable bonds is 3. The van der Waals surface area contributed by atoms with Crippen molar-refractivity contribution < 1.29 is 14.6 Å². The molecular formula is C13H15Cl2NO3. The van der Waals surface area contributed by atoms with Crippen LogP contribution in [-0.4, -0.2) is 29.8 Å². The average molecular weight is 304 g/mol. The molecule has 4 nitrogen and oxygen atoms in total. The number of hydrogen-bond acceptors (Lipinski definition) is 3. The lowest BCUT2D eigenvalue weighted by Crippen LogP contribution is -2.41. The Balaban J connectivity index is 2.06. The first-order chi connectivity index (χ1) is 8.97. The summed E-state index contributed by atoms with van der Waals surface area (Å²) in [5, 5.41) is 13.5. The summed E-state index contributed by atoms with van der Waals surface area (Å²) in [5.41, 5.74) is 0.376. The largest absolute Gasteiger partial charge is 0.378 e. The van der Waals surface area contributed by atoms with Gasteiger partial charge >= 0.3 is 0 Å². The Kier molecular flexibility index (Phi) is 4.68. The standard InChI is InChI=1S/C13H15Cl2NO3/c1-7-11(2-3-19-7)16-13(18)12(17)8-4-9(14)6-10(15)5-8/h4-7,11-12,17H,2-3H2,1H3,(H,16,18). The van der Waals surface area contributed by atoms with Crippen molar-refractivity contribution in [1.29, 1.82) is 0 Å². The maximum absolute atomic E-state index is 12.0. The molecule has 1 heterocycles. The number of carbonyl (C=O) groups is 1. The van der Waals surface area contributed by atoms with Gasteiger partial charge in [0.05, 0.1) is 12.1 Å². The van der Waals surface area contributed by atoms with E-state index in [9.17, 15) is 9.90 Å². The van der Waals surface area contributed by atoms with Crippen molar-refractivity contribution in [2.75, 3.05) is 6.61 Å². The van der Waals surface area contributed by atoms with Crippen LogP contribution in [0.5, 0.6) is 0 Å².